The first-order valence-corrected chi connectivity index (χ1v) is 13.3. The topological polar surface area (TPSA) is 73.1 Å². The van der Waals surface area contributed by atoms with E-state index in [0.29, 0.717) is 23.8 Å². The maximum absolute atomic E-state index is 12.9. The Morgan fingerprint density at radius 3 is 2.66 bits per heavy atom. The average molecular weight is 504 g/mol. The van der Waals surface area contributed by atoms with Gasteiger partial charge in [-0.3, -0.25) is 9.69 Å². The Bertz CT molecular complexity index is 989. The van der Waals surface area contributed by atoms with Crippen LogP contribution < -0.4 is 15.6 Å². The summed E-state index contributed by atoms with van der Waals surface area (Å²) in [5.74, 6) is 0.799. The summed E-state index contributed by atoms with van der Waals surface area (Å²) >= 11 is 5.80. The van der Waals surface area contributed by atoms with Crippen molar-refractivity contribution in [3.8, 4) is 5.75 Å². The fourth-order valence-corrected chi connectivity index (χ4v) is 4.56. The standard InChI is InChI=1S/C26H41N5O3S/c1-4-29(5-2)11-7-10-27-26(35)31(13-12-30-14-16-33-17-15-30)20-22-18-21-19-23(34-6-3)8-9-24(21)28-25(22)32/h8-9,18-19H,4-7,10-17,20H2,1-3H3,(H,27,35)(H,28,32). The highest BCUT2D eigenvalue weighted by Gasteiger charge is 2.17. The Kier molecular flexibility index (Phi) is 11.3. The van der Waals surface area contributed by atoms with Gasteiger partial charge in [0.05, 0.1) is 26.4 Å². The fourth-order valence-electron chi connectivity index (χ4n) is 4.30. The van der Waals surface area contributed by atoms with E-state index in [1.54, 1.807) is 0 Å². The van der Waals surface area contributed by atoms with Crippen LogP contribution in [0.15, 0.2) is 29.1 Å². The Morgan fingerprint density at radius 2 is 1.94 bits per heavy atom. The first-order valence-electron chi connectivity index (χ1n) is 12.9. The minimum absolute atomic E-state index is 0.0811. The third kappa shape index (κ3) is 8.45. The van der Waals surface area contributed by atoms with Gasteiger partial charge < -0.3 is 29.6 Å². The zero-order valence-corrected chi connectivity index (χ0v) is 22.3. The van der Waals surface area contributed by atoms with E-state index in [2.05, 4.69) is 38.8 Å². The Hall–Kier alpha value is -2.20. The molecule has 2 N–H and O–H groups in total. The van der Waals surface area contributed by atoms with E-state index in [9.17, 15) is 4.79 Å². The summed E-state index contributed by atoms with van der Waals surface area (Å²) < 4.78 is 11.1. The number of nitrogens with zero attached hydrogens (tertiary/aromatic N) is 3. The number of benzene rings is 1. The van der Waals surface area contributed by atoms with Crippen molar-refractivity contribution >= 4 is 28.2 Å². The number of thiocarbonyl (C=S) groups is 1. The predicted octanol–water partition coefficient (Wildman–Crippen LogP) is 2.67. The summed E-state index contributed by atoms with van der Waals surface area (Å²) in [6.07, 6.45) is 1.02. The zero-order valence-electron chi connectivity index (χ0n) is 21.5. The van der Waals surface area contributed by atoms with Gasteiger partial charge >= 0.3 is 0 Å². The number of pyridine rings is 1. The molecule has 0 atom stereocenters. The van der Waals surface area contributed by atoms with Crippen LogP contribution in [0.5, 0.6) is 5.75 Å². The van der Waals surface area contributed by atoms with Crippen molar-refractivity contribution in [2.45, 2.75) is 33.7 Å². The maximum atomic E-state index is 12.9. The van der Waals surface area contributed by atoms with Crippen LogP contribution in [-0.4, -0.2) is 97.0 Å². The van der Waals surface area contributed by atoms with Gasteiger partial charge in [-0.25, -0.2) is 0 Å². The second-order valence-corrected chi connectivity index (χ2v) is 9.18. The van der Waals surface area contributed by atoms with Crippen molar-refractivity contribution in [3.63, 3.8) is 0 Å². The number of ether oxygens (including phenoxy) is 2. The van der Waals surface area contributed by atoms with Crippen LogP contribution in [0.25, 0.3) is 10.9 Å². The summed E-state index contributed by atoms with van der Waals surface area (Å²) in [6, 6.07) is 7.71. The zero-order chi connectivity index (χ0) is 25.0. The number of morpholine rings is 1. The fraction of sp³-hybridized carbons (Fsp3) is 0.615. The number of rotatable bonds is 13. The van der Waals surface area contributed by atoms with Gasteiger partial charge in [0, 0.05) is 49.2 Å². The van der Waals surface area contributed by atoms with Gasteiger partial charge in [-0.15, -0.1) is 0 Å². The number of hydrogen-bond donors (Lipinski definition) is 2. The molecular formula is C26H41N5O3S. The van der Waals surface area contributed by atoms with Gasteiger partial charge in [-0.05, 0) is 69.5 Å². The van der Waals surface area contributed by atoms with Gasteiger partial charge in [0.2, 0.25) is 0 Å². The molecule has 0 spiro atoms. The summed E-state index contributed by atoms with van der Waals surface area (Å²) in [5, 5.41) is 5.08. The number of aromatic amines is 1. The molecule has 8 nitrogen and oxygen atoms in total. The van der Waals surface area contributed by atoms with E-state index in [0.717, 1.165) is 88.6 Å². The third-order valence-corrected chi connectivity index (χ3v) is 6.87. The molecule has 0 radical (unpaired) electrons. The molecule has 1 fully saturated rings. The summed E-state index contributed by atoms with van der Waals surface area (Å²) in [4.78, 5) is 22.8. The molecule has 1 aromatic heterocycles. The summed E-state index contributed by atoms with van der Waals surface area (Å²) in [5.41, 5.74) is 1.42. The van der Waals surface area contributed by atoms with Crippen LogP contribution in [0.2, 0.25) is 0 Å². The van der Waals surface area contributed by atoms with Gasteiger partial charge in [0.15, 0.2) is 5.11 Å². The molecule has 1 aliphatic heterocycles. The molecule has 0 unspecified atom stereocenters. The van der Waals surface area contributed by atoms with Gasteiger partial charge in [-0.1, -0.05) is 13.8 Å². The lowest BCUT2D eigenvalue weighted by atomic mass is 10.1. The van der Waals surface area contributed by atoms with Crippen LogP contribution in [0.4, 0.5) is 0 Å². The normalized spacial score (nSPS) is 14.4. The Labute approximate surface area is 214 Å². The number of H-pyrrole nitrogens is 1. The second kappa shape index (κ2) is 14.4. The van der Waals surface area contributed by atoms with Crippen LogP contribution >= 0.6 is 12.2 Å². The Balaban J connectivity index is 1.70. The molecule has 0 amide bonds. The van der Waals surface area contributed by atoms with E-state index < -0.39 is 0 Å². The van der Waals surface area contributed by atoms with Crippen molar-refractivity contribution < 1.29 is 9.47 Å². The molecule has 1 saturated heterocycles. The highest BCUT2D eigenvalue weighted by Crippen LogP contribution is 2.19. The highest BCUT2D eigenvalue weighted by atomic mass is 32.1. The minimum Gasteiger partial charge on any atom is -0.494 e. The monoisotopic (exact) mass is 503 g/mol. The summed E-state index contributed by atoms with van der Waals surface area (Å²) in [6.45, 7) is 16.4. The lowest BCUT2D eigenvalue weighted by Crippen LogP contribution is -2.46. The summed E-state index contributed by atoms with van der Waals surface area (Å²) in [7, 11) is 0. The van der Waals surface area contributed by atoms with E-state index in [4.69, 9.17) is 21.7 Å². The van der Waals surface area contributed by atoms with Crippen molar-refractivity contribution in [2.75, 3.05) is 72.2 Å². The SMILES string of the molecule is CCOc1ccc2[nH]c(=O)c(CN(CCN3CCOCC3)C(=S)NCCCN(CC)CC)cc2c1. The average Bonchev–Trinajstić information content (AvgIpc) is 2.87. The van der Waals surface area contributed by atoms with E-state index >= 15 is 0 Å². The molecular weight excluding hydrogens is 462 g/mol. The highest BCUT2D eigenvalue weighted by molar-refractivity contribution is 7.80. The van der Waals surface area contributed by atoms with Gasteiger partial charge in [-0.2, -0.15) is 0 Å². The van der Waals surface area contributed by atoms with E-state index in [1.165, 1.54) is 0 Å². The molecule has 2 aromatic rings. The molecule has 2 heterocycles. The second-order valence-electron chi connectivity index (χ2n) is 8.79. The first-order chi connectivity index (χ1) is 17.0. The lowest BCUT2D eigenvalue weighted by molar-refractivity contribution is 0.0357. The number of fused-ring (bicyclic) bond motifs is 1. The van der Waals surface area contributed by atoms with Crippen molar-refractivity contribution in [2.24, 2.45) is 0 Å². The predicted molar refractivity (Wildman–Crippen MR) is 146 cm³/mol. The lowest BCUT2D eigenvalue weighted by Gasteiger charge is -2.31. The number of nitrogens with one attached hydrogen (secondary N) is 2. The largest absolute Gasteiger partial charge is 0.494 e. The Morgan fingerprint density at radius 1 is 1.17 bits per heavy atom. The molecule has 1 aliphatic rings. The molecule has 1 aromatic carbocycles. The molecule has 0 bridgehead atoms. The smallest absolute Gasteiger partial charge is 0.253 e. The molecule has 0 saturated carbocycles. The van der Waals surface area contributed by atoms with Crippen LogP contribution in [0, 0.1) is 0 Å². The van der Waals surface area contributed by atoms with Crippen molar-refractivity contribution in [3.05, 3.63) is 40.2 Å². The number of aromatic nitrogens is 1. The molecule has 194 valence electrons. The molecule has 0 aliphatic carbocycles. The molecule has 9 heteroatoms. The molecule has 3 rings (SSSR count). The van der Waals surface area contributed by atoms with Gasteiger partial charge in [0.1, 0.15) is 5.75 Å². The van der Waals surface area contributed by atoms with Crippen LogP contribution in [0.1, 0.15) is 32.8 Å². The van der Waals surface area contributed by atoms with E-state index in [-0.39, 0.29) is 5.56 Å². The maximum Gasteiger partial charge on any atom is 0.253 e. The first kappa shape index (κ1) is 27.4. The van der Waals surface area contributed by atoms with Crippen LogP contribution in [0.3, 0.4) is 0 Å². The third-order valence-electron chi connectivity index (χ3n) is 6.46. The van der Waals surface area contributed by atoms with Crippen LogP contribution in [-0.2, 0) is 11.3 Å². The molecule has 35 heavy (non-hydrogen) atoms. The number of hydrogen-bond acceptors (Lipinski definition) is 6. The quantitative estimate of drug-likeness (QED) is 0.319. The van der Waals surface area contributed by atoms with Crippen molar-refractivity contribution in [1.29, 1.82) is 0 Å². The van der Waals surface area contributed by atoms with E-state index in [1.807, 2.05) is 31.2 Å². The van der Waals surface area contributed by atoms with Gasteiger partial charge in [0.25, 0.3) is 5.56 Å². The van der Waals surface area contributed by atoms with Crippen molar-refractivity contribution in [1.82, 2.24) is 25.0 Å². The minimum atomic E-state index is -0.0811.